The first-order valence-corrected chi connectivity index (χ1v) is 8.66. The molecular formula is C19H27NO4. The summed E-state index contributed by atoms with van der Waals surface area (Å²) in [5, 5.41) is 8.89. The van der Waals surface area contributed by atoms with E-state index in [4.69, 9.17) is 9.84 Å². The zero-order valence-corrected chi connectivity index (χ0v) is 14.5. The molecule has 0 aromatic heterocycles. The third kappa shape index (κ3) is 4.98. The van der Waals surface area contributed by atoms with Crippen molar-refractivity contribution in [2.24, 2.45) is 0 Å². The fraction of sp³-hybridized carbons (Fsp3) is 0.579. The monoisotopic (exact) mass is 333 g/mol. The van der Waals surface area contributed by atoms with E-state index in [2.05, 4.69) is 6.92 Å². The van der Waals surface area contributed by atoms with Gasteiger partial charge in [-0.3, -0.25) is 9.59 Å². The van der Waals surface area contributed by atoms with Gasteiger partial charge in [-0.15, -0.1) is 0 Å². The molecule has 132 valence electrons. The van der Waals surface area contributed by atoms with Gasteiger partial charge in [-0.1, -0.05) is 19.1 Å². The fourth-order valence-corrected chi connectivity index (χ4v) is 3.35. The van der Waals surface area contributed by atoms with Crippen LogP contribution in [0.4, 0.5) is 0 Å². The Kier molecular flexibility index (Phi) is 6.64. The Morgan fingerprint density at radius 1 is 1.29 bits per heavy atom. The molecule has 1 aromatic carbocycles. The summed E-state index contributed by atoms with van der Waals surface area (Å²) < 4.78 is 5.16. The van der Waals surface area contributed by atoms with E-state index in [0.717, 1.165) is 37.1 Å². The van der Waals surface area contributed by atoms with E-state index in [0.29, 0.717) is 12.8 Å². The molecule has 1 saturated heterocycles. The summed E-state index contributed by atoms with van der Waals surface area (Å²) in [6, 6.07) is 7.88. The molecule has 0 bridgehead atoms. The number of hydrogen-bond donors (Lipinski definition) is 1. The summed E-state index contributed by atoms with van der Waals surface area (Å²) in [4.78, 5) is 25.4. The zero-order chi connectivity index (χ0) is 17.5. The van der Waals surface area contributed by atoms with Crippen molar-refractivity contribution >= 4 is 11.9 Å². The molecule has 0 saturated carbocycles. The van der Waals surface area contributed by atoms with Crippen LogP contribution in [0.3, 0.4) is 0 Å². The van der Waals surface area contributed by atoms with Gasteiger partial charge in [0.05, 0.1) is 7.11 Å². The number of piperidine rings is 1. The zero-order valence-electron chi connectivity index (χ0n) is 14.5. The Hall–Kier alpha value is -2.04. The van der Waals surface area contributed by atoms with Crippen LogP contribution in [0.25, 0.3) is 0 Å². The molecule has 24 heavy (non-hydrogen) atoms. The Balaban J connectivity index is 1.96. The Morgan fingerprint density at radius 2 is 2.00 bits per heavy atom. The van der Waals surface area contributed by atoms with Crippen LogP contribution < -0.4 is 4.74 Å². The molecule has 0 spiro atoms. The van der Waals surface area contributed by atoms with E-state index in [9.17, 15) is 9.59 Å². The molecule has 0 radical (unpaired) electrons. The highest BCUT2D eigenvalue weighted by atomic mass is 16.5. The van der Waals surface area contributed by atoms with Crippen LogP contribution in [0.1, 0.15) is 56.9 Å². The molecule has 1 aromatic rings. The van der Waals surface area contributed by atoms with Crippen LogP contribution in [0.5, 0.6) is 5.75 Å². The average Bonchev–Trinajstić information content (AvgIpc) is 2.60. The van der Waals surface area contributed by atoms with Crippen LogP contribution in [0.2, 0.25) is 0 Å². The number of rotatable bonds is 7. The highest BCUT2D eigenvalue weighted by Gasteiger charge is 2.27. The maximum atomic E-state index is 12.7. The Morgan fingerprint density at radius 3 is 2.62 bits per heavy atom. The van der Waals surface area contributed by atoms with Crippen LogP contribution >= 0.6 is 0 Å². The third-order valence-corrected chi connectivity index (χ3v) is 4.80. The molecule has 2 rings (SSSR count). The van der Waals surface area contributed by atoms with Crippen molar-refractivity contribution in [1.82, 2.24) is 4.90 Å². The quantitative estimate of drug-likeness (QED) is 0.830. The van der Waals surface area contributed by atoms with Gasteiger partial charge in [-0.2, -0.15) is 0 Å². The van der Waals surface area contributed by atoms with Gasteiger partial charge in [0.25, 0.3) is 0 Å². The molecule has 0 unspecified atom stereocenters. The summed E-state index contributed by atoms with van der Waals surface area (Å²) in [6.45, 7) is 2.80. The number of likely N-dealkylation sites (tertiary alicyclic amines) is 1. The SMILES string of the molecule is COc1ccc([C@@H](C)CC(=O)N2CCCC[C@@H]2CCC(=O)O)cc1. The standard InChI is InChI=1S/C19H27NO4/c1-14(15-6-9-17(24-2)10-7-15)13-18(21)20-12-4-3-5-16(20)8-11-19(22)23/h6-7,9-10,14,16H,3-5,8,11-13H2,1-2H3,(H,22,23)/t14-,16+/m0/s1. The first kappa shape index (κ1) is 18.3. The number of ether oxygens (including phenoxy) is 1. The van der Waals surface area contributed by atoms with Gasteiger partial charge in [-0.25, -0.2) is 0 Å². The predicted molar refractivity (Wildman–Crippen MR) is 92.2 cm³/mol. The minimum atomic E-state index is -0.792. The molecule has 0 aliphatic carbocycles. The van der Waals surface area contributed by atoms with Crippen molar-refractivity contribution in [3.63, 3.8) is 0 Å². The van der Waals surface area contributed by atoms with Gasteiger partial charge in [0.1, 0.15) is 5.75 Å². The van der Waals surface area contributed by atoms with Crippen molar-refractivity contribution in [2.45, 2.75) is 57.4 Å². The number of carbonyl (C=O) groups is 2. The maximum absolute atomic E-state index is 12.7. The normalized spacial score (nSPS) is 18.9. The van der Waals surface area contributed by atoms with Crippen LogP contribution in [0.15, 0.2) is 24.3 Å². The van der Waals surface area contributed by atoms with Crippen molar-refractivity contribution in [3.8, 4) is 5.75 Å². The van der Waals surface area contributed by atoms with E-state index in [1.54, 1.807) is 7.11 Å². The van der Waals surface area contributed by atoms with E-state index in [1.807, 2.05) is 29.2 Å². The average molecular weight is 333 g/mol. The Labute approximate surface area is 143 Å². The second kappa shape index (κ2) is 8.71. The molecule has 5 heteroatoms. The first-order chi connectivity index (χ1) is 11.5. The molecule has 1 aliphatic heterocycles. The number of carboxylic acids is 1. The van der Waals surface area contributed by atoms with Gasteiger partial charge in [-0.05, 0) is 49.3 Å². The number of amides is 1. The largest absolute Gasteiger partial charge is 0.497 e. The van der Waals surface area contributed by atoms with Gasteiger partial charge >= 0.3 is 5.97 Å². The van der Waals surface area contributed by atoms with Gasteiger partial charge in [0.15, 0.2) is 0 Å². The third-order valence-electron chi connectivity index (χ3n) is 4.80. The highest BCUT2D eigenvalue weighted by Crippen LogP contribution is 2.26. The molecule has 1 amide bonds. The molecule has 1 heterocycles. The van der Waals surface area contributed by atoms with E-state index in [1.165, 1.54) is 0 Å². The Bertz CT molecular complexity index is 555. The lowest BCUT2D eigenvalue weighted by atomic mass is 9.94. The topological polar surface area (TPSA) is 66.8 Å². The highest BCUT2D eigenvalue weighted by molar-refractivity contribution is 5.77. The lowest BCUT2D eigenvalue weighted by Gasteiger charge is -2.36. The number of hydrogen-bond acceptors (Lipinski definition) is 3. The van der Waals surface area contributed by atoms with Crippen LogP contribution in [-0.2, 0) is 9.59 Å². The van der Waals surface area contributed by atoms with Crippen LogP contribution in [0, 0.1) is 0 Å². The number of nitrogens with zero attached hydrogens (tertiary/aromatic N) is 1. The second-order valence-electron chi connectivity index (χ2n) is 6.55. The van der Waals surface area contributed by atoms with E-state index < -0.39 is 5.97 Å². The van der Waals surface area contributed by atoms with Gasteiger partial charge in [0.2, 0.25) is 5.91 Å². The summed E-state index contributed by atoms with van der Waals surface area (Å²) in [7, 11) is 1.63. The molecule has 5 nitrogen and oxygen atoms in total. The number of benzene rings is 1. The fourth-order valence-electron chi connectivity index (χ4n) is 3.35. The van der Waals surface area contributed by atoms with Crippen molar-refractivity contribution < 1.29 is 19.4 Å². The number of aliphatic carboxylic acids is 1. The number of carboxylic acid groups (broad SMARTS) is 1. The van der Waals surface area contributed by atoms with Crippen molar-refractivity contribution in [3.05, 3.63) is 29.8 Å². The van der Waals surface area contributed by atoms with E-state index >= 15 is 0 Å². The molecular weight excluding hydrogens is 306 g/mol. The van der Waals surface area contributed by atoms with Crippen LogP contribution in [-0.4, -0.2) is 41.6 Å². The summed E-state index contributed by atoms with van der Waals surface area (Å²) >= 11 is 0. The van der Waals surface area contributed by atoms with Gasteiger partial charge < -0.3 is 14.7 Å². The van der Waals surface area contributed by atoms with Gasteiger partial charge in [0, 0.05) is 25.4 Å². The minimum absolute atomic E-state index is 0.0745. The van der Waals surface area contributed by atoms with Crippen molar-refractivity contribution in [1.29, 1.82) is 0 Å². The summed E-state index contributed by atoms with van der Waals surface area (Å²) in [5.41, 5.74) is 1.11. The lowest BCUT2D eigenvalue weighted by molar-refractivity contribution is -0.140. The maximum Gasteiger partial charge on any atom is 0.303 e. The lowest BCUT2D eigenvalue weighted by Crippen LogP contribution is -2.44. The number of methoxy groups -OCH3 is 1. The minimum Gasteiger partial charge on any atom is -0.497 e. The van der Waals surface area contributed by atoms with E-state index in [-0.39, 0.29) is 24.3 Å². The van der Waals surface area contributed by atoms with Crippen molar-refractivity contribution in [2.75, 3.05) is 13.7 Å². The molecule has 2 atom stereocenters. The summed E-state index contributed by atoms with van der Waals surface area (Å²) in [6.07, 6.45) is 4.13. The molecule has 1 N–H and O–H groups in total. The predicted octanol–water partition coefficient (Wildman–Crippen LogP) is 3.43. The second-order valence-corrected chi connectivity index (χ2v) is 6.55. The molecule has 1 fully saturated rings. The molecule has 1 aliphatic rings. The smallest absolute Gasteiger partial charge is 0.303 e. The summed E-state index contributed by atoms with van der Waals surface area (Å²) in [5.74, 6) is 0.278. The first-order valence-electron chi connectivity index (χ1n) is 8.66. The number of carbonyl (C=O) groups excluding carboxylic acids is 1.